The summed E-state index contributed by atoms with van der Waals surface area (Å²) in [6.45, 7) is 3.02. The third-order valence-corrected chi connectivity index (χ3v) is 3.57. The van der Waals surface area contributed by atoms with E-state index in [1.54, 1.807) is 11.3 Å². The van der Waals surface area contributed by atoms with E-state index < -0.39 is 0 Å². The smallest absolute Gasteiger partial charge is 0.225 e. The average Bonchev–Trinajstić information content (AvgIpc) is 2.89. The monoisotopic (exact) mass is 275 g/mol. The van der Waals surface area contributed by atoms with Gasteiger partial charge in [-0.05, 0) is 30.0 Å². The van der Waals surface area contributed by atoms with E-state index in [9.17, 15) is 4.79 Å². The van der Waals surface area contributed by atoms with Crippen LogP contribution < -0.4 is 10.1 Å². The maximum Gasteiger partial charge on any atom is 0.225 e. The molecule has 0 aliphatic rings. The van der Waals surface area contributed by atoms with Crippen molar-refractivity contribution < 1.29 is 9.53 Å². The van der Waals surface area contributed by atoms with Gasteiger partial charge in [0, 0.05) is 4.88 Å². The molecule has 0 spiro atoms. The highest BCUT2D eigenvalue weighted by atomic mass is 32.1. The van der Waals surface area contributed by atoms with E-state index >= 15 is 0 Å². The Hall–Kier alpha value is -1.81. The molecule has 3 nitrogen and oxygen atoms in total. The van der Waals surface area contributed by atoms with E-state index in [1.165, 1.54) is 0 Å². The molecule has 100 valence electrons. The lowest BCUT2D eigenvalue weighted by molar-refractivity contribution is -0.120. The van der Waals surface area contributed by atoms with Gasteiger partial charge in [-0.3, -0.25) is 4.79 Å². The van der Waals surface area contributed by atoms with Crippen molar-refractivity contribution in [1.82, 2.24) is 5.32 Å². The Morgan fingerprint density at radius 3 is 2.84 bits per heavy atom. The number of para-hydroxylation sites is 1. The van der Waals surface area contributed by atoms with Crippen LogP contribution in [0.2, 0.25) is 0 Å². The van der Waals surface area contributed by atoms with Crippen molar-refractivity contribution in [3.05, 3.63) is 52.2 Å². The molecule has 0 aliphatic carbocycles. The Labute approximate surface area is 117 Å². The van der Waals surface area contributed by atoms with Crippen LogP contribution in [0, 0.1) is 6.92 Å². The van der Waals surface area contributed by atoms with Crippen LogP contribution in [0.15, 0.2) is 41.8 Å². The fraction of sp³-hybridized carbons (Fsp3) is 0.267. The average molecular weight is 275 g/mol. The van der Waals surface area contributed by atoms with Crippen molar-refractivity contribution >= 4 is 17.2 Å². The molecule has 19 heavy (non-hydrogen) atoms. The molecule has 4 heteroatoms. The van der Waals surface area contributed by atoms with Crippen LogP contribution in [0.25, 0.3) is 0 Å². The Balaban J connectivity index is 1.67. The molecule has 0 radical (unpaired) electrons. The van der Waals surface area contributed by atoms with Gasteiger partial charge in [-0.2, -0.15) is 0 Å². The number of carbonyl (C=O) groups excluding carboxylic acids is 1. The van der Waals surface area contributed by atoms with Gasteiger partial charge >= 0.3 is 0 Å². The van der Waals surface area contributed by atoms with Gasteiger partial charge in [0.25, 0.3) is 0 Å². The number of benzene rings is 1. The lowest BCUT2D eigenvalue weighted by atomic mass is 10.2. The molecule has 0 atom stereocenters. The molecule has 1 N–H and O–H groups in total. The number of hydrogen-bond donors (Lipinski definition) is 1. The number of hydrogen-bond acceptors (Lipinski definition) is 3. The minimum atomic E-state index is 0.0378. The lowest BCUT2D eigenvalue weighted by Crippen LogP contribution is -2.29. The largest absolute Gasteiger partial charge is 0.491 e. The van der Waals surface area contributed by atoms with Gasteiger partial charge in [0.05, 0.1) is 13.0 Å². The van der Waals surface area contributed by atoms with Crippen LogP contribution in [0.1, 0.15) is 10.4 Å². The van der Waals surface area contributed by atoms with Gasteiger partial charge in [-0.15, -0.1) is 11.3 Å². The third-order valence-electron chi connectivity index (χ3n) is 2.69. The van der Waals surface area contributed by atoms with E-state index in [-0.39, 0.29) is 5.91 Å². The van der Waals surface area contributed by atoms with E-state index in [0.29, 0.717) is 19.6 Å². The quantitative estimate of drug-likeness (QED) is 0.823. The second-order valence-electron chi connectivity index (χ2n) is 4.22. The molecule has 1 heterocycles. The molecule has 1 aromatic heterocycles. The predicted molar refractivity (Wildman–Crippen MR) is 77.7 cm³/mol. The zero-order chi connectivity index (χ0) is 13.5. The van der Waals surface area contributed by atoms with Crippen molar-refractivity contribution in [2.24, 2.45) is 0 Å². The van der Waals surface area contributed by atoms with Crippen LogP contribution >= 0.6 is 11.3 Å². The lowest BCUT2D eigenvalue weighted by Gasteiger charge is -2.09. The molecule has 1 amide bonds. The van der Waals surface area contributed by atoms with Crippen LogP contribution in [-0.4, -0.2) is 19.1 Å². The molecule has 0 saturated heterocycles. The summed E-state index contributed by atoms with van der Waals surface area (Å²) < 4.78 is 5.61. The van der Waals surface area contributed by atoms with E-state index in [1.807, 2.05) is 48.7 Å². The normalized spacial score (nSPS) is 10.2. The highest BCUT2D eigenvalue weighted by molar-refractivity contribution is 7.10. The number of nitrogens with one attached hydrogen (secondary N) is 1. The summed E-state index contributed by atoms with van der Waals surface area (Å²) in [6.07, 6.45) is 0.446. The summed E-state index contributed by atoms with van der Waals surface area (Å²) in [6, 6.07) is 11.8. The fourth-order valence-electron chi connectivity index (χ4n) is 1.70. The molecule has 2 aromatic rings. The van der Waals surface area contributed by atoms with Crippen LogP contribution in [0.5, 0.6) is 5.75 Å². The number of aryl methyl sites for hydroxylation is 1. The molecule has 2 rings (SSSR count). The van der Waals surface area contributed by atoms with Gasteiger partial charge < -0.3 is 10.1 Å². The van der Waals surface area contributed by atoms with Gasteiger partial charge in [-0.1, -0.05) is 24.3 Å². The summed E-state index contributed by atoms with van der Waals surface area (Å²) in [7, 11) is 0. The molecule has 0 unspecified atom stereocenters. The number of rotatable bonds is 6. The van der Waals surface area contributed by atoms with E-state index in [0.717, 1.165) is 16.2 Å². The van der Waals surface area contributed by atoms with Gasteiger partial charge in [0.15, 0.2) is 0 Å². The van der Waals surface area contributed by atoms with Crippen LogP contribution in [0.4, 0.5) is 0 Å². The standard InChI is InChI=1S/C15H17NO2S/c1-12-5-2-3-7-14(12)18-9-8-16-15(17)11-13-6-4-10-19-13/h2-7,10H,8-9,11H2,1H3,(H,16,17). The molecular formula is C15H17NO2S. The highest BCUT2D eigenvalue weighted by Crippen LogP contribution is 2.15. The first-order valence-corrected chi connectivity index (χ1v) is 7.11. The zero-order valence-corrected chi connectivity index (χ0v) is 11.7. The number of amides is 1. The van der Waals surface area contributed by atoms with Crippen molar-refractivity contribution in [1.29, 1.82) is 0 Å². The second-order valence-corrected chi connectivity index (χ2v) is 5.25. The summed E-state index contributed by atoms with van der Waals surface area (Å²) in [5, 5.41) is 4.83. The maximum atomic E-state index is 11.6. The first kappa shape index (κ1) is 13.6. The van der Waals surface area contributed by atoms with Crippen molar-refractivity contribution in [2.45, 2.75) is 13.3 Å². The Kier molecular flexibility index (Phi) is 4.98. The molecule has 1 aromatic carbocycles. The van der Waals surface area contributed by atoms with Crippen molar-refractivity contribution in [3.63, 3.8) is 0 Å². The summed E-state index contributed by atoms with van der Waals surface area (Å²) in [5.41, 5.74) is 1.10. The van der Waals surface area contributed by atoms with Gasteiger partial charge in [0.2, 0.25) is 5.91 Å². The van der Waals surface area contributed by atoms with Crippen molar-refractivity contribution in [2.75, 3.05) is 13.2 Å². The number of thiophene rings is 1. The van der Waals surface area contributed by atoms with Crippen LogP contribution in [0.3, 0.4) is 0 Å². The molecule has 0 bridgehead atoms. The Bertz CT molecular complexity index is 523. The molecule has 0 saturated carbocycles. The first-order valence-electron chi connectivity index (χ1n) is 6.23. The van der Waals surface area contributed by atoms with Gasteiger partial charge in [-0.25, -0.2) is 0 Å². The Morgan fingerprint density at radius 1 is 1.26 bits per heavy atom. The fourth-order valence-corrected chi connectivity index (χ4v) is 2.41. The second kappa shape index (κ2) is 6.95. The maximum absolute atomic E-state index is 11.6. The number of carbonyl (C=O) groups is 1. The summed E-state index contributed by atoms with van der Waals surface area (Å²) >= 11 is 1.60. The molecular weight excluding hydrogens is 258 g/mol. The minimum absolute atomic E-state index is 0.0378. The van der Waals surface area contributed by atoms with E-state index in [2.05, 4.69) is 5.32 Å². The zero-order valence-electron chi connectivity index (χ0n) is 10.9. The van der Waals surface area contributed by atoms with Crippen molar-refractivity contribution in [3.8, 4) is 5.75 Å². The molecule has 0 fully saturated rings. The van der Waals surface area contributed by atoms with Gasteiger partial charge in [0.1, 0.15) is 12.4 Å². The molecule has 0 aliphatic heterocycles. The van der Waals surface area contributed by atoms with E-state index in [4.69, 9.17) is 4.74 Å². The topological polar surface area (TPSA) is 38.3 Å². The van der Waals surface area contributed by atoms with Crippen LogP contribution in [-0.2, 0) is 11.2 Å². The SMILES string of the molecule is Cc1ccccc1OCCNC(=O)Cc1cccs1. The highest BCUT2D eigenvalue weighted by Gasteiger charge is 2.03. The third kappa shape index (κ3) is 4.41. The predicted octanol–water partition coefficient (Wildman–Crippen LogP) is 2.79. The summed E-state index contributed by atoms with van der Waals surface area (Å²) in [4.78, 5) is 12.7. The minimum Gasteiger partial charge on any atom is -0.491 e. The number of ether oxygens (including phenoxy) is 1. The Morgan fingerprint density at radius 2 is 2.11 bits per heavy atom. The first-order chi connectivity index (χ1) is 9.25. The summed E-state index contributed by atoms with van der Waals surface area (Å²) in [5.74, 6) is 0.908.